The predicted molar refractivity (Wildman–Crippen MR) is 161 cm³/mol. The van der Waals surface area contributed by atoms with E-state index >= 15 is 0 Å². The molecule has 0 aliphatic carbocycles. The third-order valence-electron chi connectivity index (χ3n) is 7.84. The number of ether oxygens (including phenoxy) is 1. The quantitative estimate of drug-likeness (QED) is 0.258. The molecule has 3 aromatic rings. The highest BCUT2D eigenvalue weighted by Crippen LogP contribution is 2.38. The van der Waals surface area contributed by atoms with Crippen molar-refractivity contribution < 1.29 is 22.7 Å². The monoisotopic (exact) mass is 620 g/mol. The summed E-state index contributed by atoms with van der Waals surface area (Å²) in [4.78, 5) is 26.5. The zero-order valence-corrected chi connectivity index (χ0v) is 26.4. The van der Waals surface area contributed by atoms with Gasteiger partial charge in [0.1, 0.15) is 0 Å². The molecular weight excluding hydrogens is 581 g/mol. The number of hydrogen-bond donors (Lipinski definition) is 0. The van der Waals surface area contributed by atoms with E-state index in [1.807, 2.05) is 36.9 Å². The molecule has 3 heterocycles. The van der Waals surface area contributed by atoms with E-state index in [1.54, 1.807) is 29.3 Å². The van der Waals surface area contributed by atoms with Crippen molar-refractivity contribution in [2.45, 2.75) is 91.3 Å². The van der Waals surface area contributed by atoms with Crippen LogP contribution in [-0.2, 0) is 24.5 Å². The van der Waals surface area contributed by atoms with Crippen LogP contribution in [0, 0.1) is 11.8 Å². The number of aryl methyl sites for hydroxylation is 1. The number of amides is 1. The number of rotatable bonds is 8. The molecule has 2 aromatic heterocycles. The summed E-state index contributed by atoms with van der Waals surface area (Å²) in [5.41, 5.74) is 1.20. The van der Waals surface area contributed by atoms with Gasteiger partial charge in [0, 0.05) is 66.5 Å². The SMILES string of the molecule is CC(C)OC(=O)N1[C@H](C(C)C)CC(N(Cc2cc(Cl)cc(C(F)(F)F)c2)c2ncc(-c3cnn(C)c3)cn2)C[C@H]1C(C)C. The zero-order valence-electron chi connectivity index (χ0n) is 25.6. The van der Waals surface area contributed by atoms with Crippen molar-refractivity contribution in [1.29, 1.82) is 0 Å². The second-order valence-corrected chi connectivity index (χ2v) is 12.7. The maximum atomic E-state index is 13.7. The predicted octanol–water partition coefficient (Wildman–Crippen LogP) is 7.61. The number of alkyl halides is 3. The van der Waals surface area contributed by atoms with Crippen molar-refractivity contribution in [3.05, 3.63) is 59.1 Å². The number of benzene rings is 1. The van der Waals surface area contributed by atoms with E-state index in [9.17, 15) is 18.0 Å². The standard InChI is InChI=1S/C31H40ClF3N6O2/c1-18(2)27-11-26(12-28(19(3)4)41(27)30(42)43-20(5)6)40(16-21-8-24(31(33,34)35)10-25(32)9-21)29-36-13-22(14-37-29)23-15-38-39(7)17-23/h8-10,13-15,17-20,26-28H,11-12,16H2,1-7H3/t27-,28-/m0/s1. The summed E-state index contributed by atoms with van der Waals surface area (Å²) in [5.74, 6) is 0.583. The third kappa shape index (κ3) is 7.79. The fourth-order valence-electron chi connectivity index (χ4n) is 5.76. The second kappa shape index (κ2) is 13.1. The van der Waals surface area contributed by atoms with Gasteiger partial charge >= 0.3 is 12.3 Å². The van der Waals surface area contributed by atoms with E-state index in [2.05, 4.69) is 42.8 Å². The van der Waals surface area contributed by atoms with Crippen molar-refractivity contribution in [2.24, 2.45) is 18.9 Å². The molecule has 1 saturated heterocycles. The lowest BCUT2D eigenvalue weighted by molar-refractivity contribution is -0.137. The number of carbonyl (C=O) groups is 1. The first-order valence-corrected chi connectivity index (χ1v) is 14.9. The van der Waals surface area contributed by atoms with Gasteiger partial charge in [-0.2, -0.15) is 18.3 Å². The molecule has 1 aromatic carbocycles. The average Bonchev–Trinajstić information content (AvgIpc) is 3.36. The number of aromatic nitrogens is 4. The Hall–Kier alpha value is -3.34. The van der Waals surface area contributed by atoms with Crippen LogP contribution in [0.1, 0.15) is 65.5 Å². The van der Waals surface area contributed by atoms with E-state index < -0.39 is 11.7 Å². The van der Waals surface area contributed by atoms with Crippen molar-refractivity contribution in [3.63, 3.8) is 0 Å². The van der Waals surface area contributed by atoms with Crippen LogP contribution in [0.15, 0.2) is 43.0 Å². The number of anilines is 1. The molecule has 12 heteroatoms. The molecule has 0 unspecified atom stereocenters. The van der Waals surface area contributed by atoms with Crippen molar-refractivity contribution in [3.8, 4) is 11.1 Å². The minimum Gasteiger partial charge on any atom is -0.447 e. The van der Waals surface area contributed by atoms with Crippen LogP contribution in [0.2, 0.25) is 5.02 Å². The van der Waals surface area contributed by atoms with E-state index in [0.717, 1.165) is 23.3 Å². The van der Waals surface area contributed by atoms with E-state index in [4.69, 9.17) is 16.3 Å². The van der Waals surface area contributed by atoms with Gasteiger partial charge in [0.2, 0.25) is 5.95 Å². The molecule has 0 N–H and O–H groups in total. The molecule has 0 saturated carbocycles. The highest BCUT2D eigenvalue weighted by Gasteiger charge is 2.44. The molecule has 0 bridgehead atoms. The second-order valence-electron chi connectivity index (χ2n) is 12.2. The Balaban J connectivity index is 1.76. The van der Waals surface area contributed by atoms with E-state index in [-0.39, 0.29) is 53.7 Å². The molecule has 0 spiro atoms. The Morgan fingerprint density at radius 3 is 2.09 bits per heavy atom. The van der Waals surface area contributed by atoms with E-state index in [0.29, 0.717) is 24.4 Å². The number of carbonyl (C=O) groups excluding carboxylic acids is 1. The fraction of sp³-hybridized carbons (Fsp3) is 0.548. The van der Waals surface area contributed by atoms with Crippen LogP contribution in [0.5, 0.6) is 0 Å². The third-order valence-corrected chi connectivity index (χ3v) is 8.06. The first kappa shape index (κ1) is 32.6. The van der Waals surface area contributed by atoms with Gasteiger partial charge in [-0.1, -0.05) is 39.3 Å². The Morgan fingerprint density at radius 2 is 1.60 bits per heavy atom. The summed E-state index contributed by atoms with van der Waals surface area (Å²) in [7, 11) is 1.82. The number of piperidine rings is 1. The molecule has 4 rings (SSSR count). The minimum absolute atomic E-state index is 0.00369. The fourth-order valence-corrected chi connectivity index (χ4v) is 6.01. The highest BCUT2D eigenvalue weighted by molar-refractivity contribution is 6.30. The Labute approximate surface area is 256 Å². The molecule has 43 heavy (non-hydrogen) atoms. The van der Waals surface area contributed by atoms with E-state index in [1.165, 1.54) is 0 Å². The Bertz CT molecular complexity index is 1370. The van der Waals surface area contributed by atoms with Crippen LogP contribution in [-0.4, -0.2) is 55.0 Å². The van der Waals surface area contributed by atoms with Crippen LogP contribution in [0.3, 0.4) is 0 Å². The molecule has 234 valence electrons. The average molecular weight is 621 g/mol. The summed E-state index contributed by atoms with van der Waals surface area (Å²) in [6.07, 6.45) is 2.93. The molecule has 1 aliphatic rings. The molecule has 0 radical (unpaired) electrons. The molecule has 8 nitrogen and oxygen atoms in total. The van der Waals surface area contributed by atoms with Gasteiger partial charge in [-0.25, -0.2) is 14.8 Å². The first-order valence-electron chi connectivity index (χ1n) is 14.6. The molecule has 2 atom stereocenters. The van der Waals surface area contributed by atoms with Gasteiger partial charge in [0.15, 0.2) is 0 Å². The Morgan fingerprint density at radius 1 is 1.00 bits per heavy atom. The number of likely N-dealkylation sites (tertiary alicyclic amines) is 1. The summed E-state index contributed by atoms with van der Waals surface area (Å²) in [5, 5.41) is 4.21. The number of halogens is 4. The number of hydrogen-bond acceptors (Lipinski definition) is 6. The topological polar surface area (TPSA) is 76.4 Å². The summed E-state index contributed by atoms with van der Waals surface area (Å²) in [6, 6.07) is 3.08. The van der Waals surface area contributed by atoms with Crippen molar-refractivity contribution in [1.82, 2.24) is 24.6 Å². The van der Waals surface area contributed by atoms with Gasteiger partial charge in [-0.05, 0) is 62.3 Å². The first-order chi connectivity index (χ1) is 20.1. The van der Waals surface area contributed by atoms with Crippen LogP contribution in [0.25, 0.3) is 11.1 Å². The van der Waals surface area contributed by atoms with Gasteiger partial charge in [0.05, 0.1) is 17.9 Å². The Kier molecular flexibility index (Phi) is 9.93. The van der Waals surface area contributed by atoms with Crippen LogP contribution < -0.4 is 4.90 Å². The number of nitrogens with zero attached hydrogens (tertiary/aromatic N) is 6. The summed E-state index contributed by atoms with van der Waals surface area (Å²) < 4.78 is 48.5. The molecular formula is C31H40ClF3N6O2. The van der Waals surface area contributed by atoms with Gasteiger partial charge < -0.3 is 14.5 Å². The lowest BCUT2D eigenvalue weighted by Gasteiger charge is -2.50. The molecule has 1 fully saturated rings. The van der Waals surface area contributed by atoms with Crippen LogP contribution in [0.4, 0.5) is 23.9 Å². The highest BCUT2D eigenvalue weighted by atomic mass is 35.5. The van der Waals surface area contributed by atoms with Gasteiger partial charge in [-0.15, -0.1) is 0 Å². The molecule has 1 amide bonds. The molecule has 1 aliphatic heterocycles. The van der Waals surface area contributed by atoms with Crippen molar-refractivity contribution >= 4 is 23.6 Å². The summed E-state index contributed by atoms with van der Waals surface area (Å²) in [6.45, 7) is 12.0. The van der Waals surface area contributed by atoms with Gasteiger partial charge in [0.25, 0.3) is 0 Å². The normalized spacial score (nSPS) is 19.4. The van der Waals surface area contributed by atoms with Crippen LogP contribution >= 0.6 is 11.6 Å². The van der Waals surface area contributed by atoms with Gasteiger partial charge in [-0.3, -0.25) is 4.68 Å². The minimum atomic E-state index is -4.54. The van der Waals surface area contributed by atoms with Crippen molar-refractivity contribution in [2.75, 3.05) is 4.90 Å². The smallest absolute Gasteiger partial charge is 0.416 e. The lowest BCUT2D eigenvalue weighted by Crippen LogP contribution is -2.60. The summed E-state index contributed by atoms with van der Waals surface area (Å²) >= 11 is 6.17. The lowest BCUT2D eigenvalue weighted by atomic mass is 9.81. The maximum Gasteiger partial charge on any atom is 0.416 e. The maximum absolute atomic E-state index is 13.7. The largest absolute Gasteiger partial charge is 0.447 e. The zero-order chi connectivity index (χ0) is 31.6.